The lowest BCUT2D eigenvalue weighted by molar-refractivity contribution is 0.122. The molecule has 0 aliphatic carbocycles. The third-order valence-electron chi connectivity index (χ3n) is 3.78. The number of hydrogen-bond acceptors (Lipinski definition) is 6. The summed E-state index contributed by atoms with van der Waals surface area (Å²) in [5.41, 5.74) is 1.25. The second-order valence-electron chi connectivity index (χ2n) is 5.37. The van der Waals surface area contributed by atoms with Gasteiger partial charge in [-0.2, -0.15) is 0 Å². The Morgan fingerprint density at radius 3 is 2.86 bits per heavy atom. The SMILES string of the molecule is CCN(Cc1cccnc1)Cc1cnc(N2CCOCC2)s1. The second-order valence-corrected chi connectivity index (χ2v) is 6.47. The zero-order valence-corrected chi connectivity index (χ0v) is 13.8. The number of nitrogens with zero attached hydrogens (tertiary/aromatic N) is 4. The van der Waals surface area contributed by atoms with E-state index in [1.807, 2.05) is 24.7 Å². The summed E-state index contributed by atoms with van der Waals surface area (Å²) in [4.78, 5) is 14.8. The molecule has 0 bridgehead atoms. The van der Waals surface area contributed by atoms with Crippen LogP contribution in [0.15, 0.2) is 30.7 Å². The van der Waals surface area contributed by atoms with Gasteiger partial charge in [0.05, 0.1) is 13.2 Å². The van der Waals surface area contributed by atoms with Crippen LogP contribution in [0.5, 0.6) is 0 Å². The summed E-state index contributed by atoms with van der Waals surface area (Å²) in [5, 5.41) is 1.12. The molecule has 3 rings (SSSR count). The van der Waals surface area contributed by atoms with Gasteiger partial charge < -0.3 is 9.64 Å². The minimum Gasteiger partial charge on any atom is -0.378 e. The van der Waals surface area contributed by atoms with Crippen molar-refractivity contribution in [1.82, 2.24) is 14.9 Å². The lowest BCUT2D eigenvalue weighted by atomic mass is 10.2. The Bertz CT molecular complexity index is 569. The predicted octanol–water partition coefficient (Wildman–Crippen LogP) is 2.40. The maximum atomic E-state index is 5.40. The van der Waals surface area contributed by atoms with Gasteiger partial charge in [-0.3, -0.25) is 9.88 Å². The Labute approximate surface area is 135 Å². The van der Waals surface area contributed by atoms with Crippen molar-refractivity contribution >= 4 is 16.5 Å². The van der Waals surface area contributed by atoms with Gasteiger partial charge in [0.1, 0.15) is 0 Å². The highest BCUT2D eigenvalue weighted by molar-refractivity contribution is 7.15. The topological polar surface area (TPSA) is 41.5 Å². The Hall–Kier alpha value is -1.50. The Balaban J connectivity index is 1.60. The predicted molar refractivity (Wildman–Crippen MR) is 89.2 cm³/mol. The number of aromatic nitrogens is 2. The van der Waals surface area contributed by atoms with Crippen LogP contribution < -0.4 is 4.90 Å². The van der Waals surface area contributed by atoms with E-state index in [1.165, 1.54) is 10.4 Å². The molecule has 0 spiro atoms. The van der Waals surface area contributed by atoms with Crippen LogP contribution in [0.4, 0.5) is 5.13 Å². The van der Waals surface area contributed by atoms with Crippen molar-refractivity contribution in [2.45, 2.75) is 20.0 Å². The summed E-state index contributed by atoms with van der Waals surface area (Å²) in [6.07, 6.45) is 5.77. The number of pyridine rings is 1. The van der Waals surface area contributed by atoms with Gasteiger partial charge in [0.25, 0.3) is 0 Å². The lowest BCUT2D eigenvalue weighted by Gasteiger charge is -2.26. The van der Waals surface area contributed by atoms with E-state index in [0.717, 1.165) is 51.1 Å². The van der Waals surface area contributed by atoms with Crippen LogP contribution in [0.2, 0.25) is 0 Å². The van der Waals surface area contributed by atoms with E-state index >= 15 is 0 Å². The van der Waals surface area contributed by atoms with E-state index in [4.69, 9.17) is 4.74 Å². The summed E-state index contributed by atoms with van der Waals surface area (Å²) in [7, 11) is 0. The molecule has 3 heterocycles. The first-order valence-corrected chi connectivity index (χ1v) is 8.55. The molecule has 1 aliphatic heterocycles. The van der Waals surface area contributed by atoms with Gasteiger partial charge in [0, 0.05) is 49.6 Å². The first-order valence-electron chi connectivity index (χ1n) is 7.74. The molecular weight excluding hydrogens is 296 g/mol. The van der Waals surface area contributed by atoms with Gasteiger partial charge >= 0.3 is 0 Å². The van der Waals surface area contributed by atoms with E-state index in [-0.39, 0.29) is 0 Å². The van der Waals surface area contributed by atoms with E-state index in [9.17, 15) is 0 Å². The molecule has 2 aromatic rings. The largest absolute Gasteiger partial charge is 0.378 e. The molecular formula is C16H22N4OS. The van der Waals surface area contributed by atoms with Crippen molar-refractivity contribution in [3.05, 3.63) is 41.2 Å². The Morgan fingerprint density at radius 2 is 2.14 bits per heavy atom. The molecule has 1 saturated heterocycles. The van der Waals surface area contributed by atoms with Crippen LogP contribution >= 0.6 is 11.3 Å². The average molecular weight is 318 g/mol. The van der Waals surface area contributed by atoms with Crippen molar-refractivity contribution in [1.29, 1.82) is 0 Å². The average Bonchev–Trinajstić information content (AvgIpc) is 3.04. The van der Waals surface area contributed by atoms with Crippen LogP contribution in [0, 0.1) is 0 Å². The fraction of sp³-hybridized carbons (Fsp3) is 0.500. The van der Waals surface area contributed by atoms with E-state index in [0.29, 0.717) is 0 Å². The number of thiazole rings is 1. The molecule has 0 amide bonds. The Kier molecular flexibility index (Phi) is 5.37. The standard InChI is InChI=1S/C16H22N4OS/c1-2-19(12-14-4-3-5-17-10-14)13-15-11-18-16(22-15)20-6-8-21-9-7-20/h3-5,10-11H,2,6-9,12-13H2,1H3. The Morgan fingerprint density at radius 1 is 1.27 bits per heavy atom. The van der Waals surface area contributed by atoms with E-state index in [1.54, 1.807) is 11.3 Å². The number of hydrogen-bond donors (Lipinski definition) is 0. The van der Waals surface area contributed by atoms with Gasteiger partial charge in [-0.05, 0) is 18.2 Å². The van der Waals surface area contributed by atoms with Crippen molar-refractivity contribution in [2.24, 2.45) is 0 Å². The normalized spacial score (nSPS) is 15.5. The molecule has 22 heavy (non-hydrogen) atoms. The number of ether oxygens (including phenoxy) is 1. The number of anilines is 1. The molecule has 5 nitrogen and oxygen atoms in total. The van der Waals surface area contributed by atoms with Gasteiger partial charge in [-0.1, -0.05) is 13.0 Å². The minimum atomic E-state index is 0.803. The molecule has 0 radical (unpaired) electrons. The highest BCUT2D eigenvalue weighted by atomic mass is 32.1. The third-order valence-corrected chi connectivity index (χ3v) is 4.82. The van der Waals surface area contributed by atoms with Crippen LogP contribution in [0.25, 0.3) is 0 Å². The van der Waals surface area contributed by atoms with Crippen molar-refractivity contribution in [3.8, 4) is 0 Å². The summed E-state index contributed by atoms with van der Waals surface area (Å²) in [6.45, 7) is 8.57. The van der Waals surface area contributed by atoms with Gasteiger partial charge in [-0.15, -0.1) is 11.3 Å². The van der Waals surface area contributed by atoms with Crippen molar-refractivity contribution in [3.63, 3.8) is 0 Å². The van der Waals surface area contributed by atoms with Gasteiger partial charge in [-0.25, -0.2) is 4.98 Å². The smallest absolute Gasteiger partial charge is 0.185 e. The van der Waals surface area contributed by atoms with Gasteiger partial charge in [0.2, 0.25) is 0 Å². The summed E-state index contributed by atoms with van der Waals surface area (Å²) in [6, 6.07) is 4.12. The maximum Gasteiger partial charge on any atom is 0.185 e. The lowest BCUT2D eigenvalue weighted by Crippen LogP contribution is -2.36. The molecule has 118 valence electrons. The van der Waals surface area contributed by atoms with Crippen LogP contribution in [0.3, 0.4) is 0 Å². The second kappa shape index (κ2) is 7.67. The van der Waals surface area contributed by atoms with Crippen LogP contribution in [0.1, 0.15) is 17.4 Å². The van der Waals surface area contributed by atoms with Crippen molar-refractivity contribution in [2.75, 3.05) is 37.7 Å². The first-order chi connectivity index (χ1) is 10.8. The summed E-state index contributed by atoms with van der Waals surface area (Å²) >= 11 is 1.80. The maximum absolute atomic E-state index is 5.40. The van der Waals surface area contributed by atoms with E-state index < -0.39 is 0 Å². The molecule has 2 aromatic heterocycles. The van der Waals surface area contributed by atoms with Crippen LogP contribution in [-0.4, -0.2) is 47.7 Å². The molecule has 0 unspecified atom stereocenters. The monoisotopic (exact) mass is 318 g/mol. The van der Waals surface area contributed by atoms with Crippen molar-refractivity contribution < 1.29 is 4.74 Å². The highest BCUT2D eigenvalue weighted by Gasteiger charge is 2.15. The van der Waals surface area contributed by atoms with Crippen LogP contribution in [-0.2, 0) is 17.8 Å². The zero-order valence-electron chi connectivity index (χ0n) is 12.9. The molecule has 0 atom stereocenters. The molecule has 1 aliphatic rings. The molecule has 0 saturated carbocycles. The van der Waals surface area contributed by atoms with Gasteiger partial charge in [0.15, 0.2) is 5.13 Å². The number of rotatable bonds is 6. The zero-order chi connectivity index (χ0) is 15.2. The van der Waals surface area contributed by atoms with E-state index in [2.05, 4.69) is 32.8 Å². The quantitative estimate of drug-likeness (QED) is 0.818. The summed E-state index contributed by atoms with van der Waals surface area (Å²) in [5.74, 6) is 0. The highest BCUT2D eigenvalue weighted by Crippen LogP contribution is 2.24. The molecule has 6 heteroatoms. The first kappa shape index (κ1) is 15.4. The molecule has 0 aromatic carbocycles. The third kappa shape index (κ3) is 4.03. The molecule has 1 fully saturated rings. The fourth-order valence-electron chi connectivity index (χ4n) is 2.52. The number of morpholine rings is 1. The molecule has 0 N–H and O–H groups in total. The minimum absolute atomic E-state index is 0.803. The fourth-order valence-corrected chi connectivity index (χ4v) is 3.52. The summed E-state index contributed by atoms with van der Waals surface area (Å²) < 4.78 is 5.40.